The second kappa shape index (κ2) is 6.05. The van der Waals surface area contributed by atoms with Crippen molar-refractivity contribution in [3.63, 3.8) is 0 Å². The molecule has 3 nitrogen and oxygen atoms in total. The smallest absolute Gasteiger partial charge is 0.255 e. The van der Waals surface area contributed by atoms with E-state index in [2.05, 4.69) is 12.2 Å². The van der Waals surface area contributed by atoms with E-state index in [4.69, 9.17) is 4.74 Å². The van der Waals surface area contributed by atoms with Crippen molar-refractivity contribution in [1.29, 1.82) is 0 Å². The van der Waals surface area contributed by atoms with Gasteiger partial charge >= 0.3 is 0 Å². The molecule has 0 atom stereocenters. The number of benzene rings is 2. The summed E-state index contributed by atoms with van der Waals surface area (Å²) in [5.41, 5.74) is 2.63. The molecule has 0 aliphatic carbocycles. The van der Waals surface area contributed by atoms with Crippen LogP contribution in [0.25, 0.3) is 0 Å². The van der Waals surface area contributed by atoms with Gasteiger partial charge in [-0.25, -0.2) is 0 Å². The Hall–Kier alpha value is -2.29. The van der Waals surface area contributed by atoms with Crippen molar-refractivity contribution in [2.24, 2.45) is 0 Å². The van der Waals surface area contributed by atoms with Gasteiger partial charge in [0.1, 0.15) is 5.75 Å². The maximum absolute atomic E-state index is 12.1. The van der Waals surface area contributed by atoms with Crippen molar-refractivity contribution in [1.82, 2.24) is 0 Å². The summed E-state index contributed by atoms with van der Waals surface area (Å²) in [4.78, 5) is 12.1. The van der Waals surface area contributed by atoms with Gasteiger partial charge in [0.25, 0.3) is 5.91 Å². The van der Waals surface area contributed by atoms with E-state index in [-0.39, 0.29) is 5.91 Å². The van der Waals surface area contributed by atoms with Crippen LogP contribution in [0.2, 0.25) is 0 Å². The summed E-state index contributed by atoms with van der Waals surface area (Å²) in [5, 5.41) is 2.89. The maximum atomic E-state index is 12.1. The first-order valence-electron chi connectivity index (χ1n) is 6.27. The molecule has 2 rings (SSSR count). The van der Waals surface area contributed by atoms with Gasteiger partial charge in [-0.3, -0.25) is 4.79 Å². The number of aryl methyl sites for hydroxylation is 1. The van der Waals surface area contributed by atoms with E-state index in [1.165, 1.54) is 5.56 Å². The van der Waals surface area contributed by atoms with E-state index in [0.717, 1.165) is 17.9 Å². The van der Waals surface area contributed by atoms with Crippen LogP contribution in [0.5, 0.6) is 5.75 Å². The van der Waals surface area contributed by atoms with Gasteiger partial charge < -0.3 is 10.1 Å². The Kier molecular flexibility index (Phi) is 4.18. The second-order valence-corrected chi connectivity index (χ2v) is 4.24. The molecule has 0 spiro atoms. The Morgan fingerprint density at radius 1 is 1.16 bits per heavy atom. The Balaban J connectivity index is 2.11. The molecular formula is C16H17NO2. The molecule has 0 fully saturated rings. The SMILES string of the molecule is CCc1cccc(NC(=O)c2ccc(OC)cc2)c1. The Bertz CT molecular complexity index is 561. The Morgan fingerprint density at radius 2 is 1.89 bits per heavy atom. The van der Waals surface area contributed by atoms with Crippen molar-refractivity contribution in [2.45, 2.75) is 13.3 Å². The van der Waals surface area contributed by atoms with E-state index in [1.807, 2.05) is 24.3 Å². The van der Waals surface area contributed by atoms with Gasteiger partial charge in [0.05, 0.1) is 7.11 Å². The molecule has 0 saturated carbocycles. The molecule has 0 bridgehead atoms. The summed E-state index contributed by atoms with van der Waals surface area (Å²) in [5.74, 6) is 0.625. The van der Waals surface area contributed by atoms with Gasteiger partial charge in [0.2, 0.25) is 0 Å². The maximum Gasteiger partial charge on any atom is 0.255 e. The summed E-state index contributed by atoms with van der Waals surface area (Å²) in [6.45, 7) is 2.09. The van der Waals surface area contributed by atoms with Gasteiger partial charge in [0.15, 0.2) is 0 Å². The fourth-order valence-electron chi connectivity index (χ4n) is 1.81. The lowest BCUT2D eigenvalue weighted by Gasteiger charge is -2.07. The monoisotopic (exact) mass is 255 g/mol. The highest BCUT2D eigenvalue weighted by molar-refractivity contribution is 6.04. The summed E-state index contributed by atoms with van der Waals surface area (Å²) >= 11 is 0. The van der Waals surface area contributed by atoms with Gasteiger partial charge in [-0.2, -0.15) is 0 Å². The number of carbonyl (C=O) groups excluding carboxylic acids is 1. The Morgan fingerprint density at radius 3 is 2.53 bits per heavy atom. The summed E-state index contributed by atoms with van der Waals surface area (Å²) in [6, 6.07) is 14.9. The molecule has 1 amide bonds. The lowest BCUT2D eigenvalue weighted by atomic mass is 10.1. The number of nitrogens with one attached hydrogen (secondary N) is 1. The molecule has 19 heavy (non-hydrogen) atoms. The largest absolute Gasteiger partial charge is 0.497 e. The fourth-order valence-corrected chi connectivity index (χ4v) is 1.81. The third-order valence-corrected chi connectivity index (χ3v) is 2.95. The zero-order chi connectivity index (χ0) is 13.7. The van der Waals surface area contributed by atoms with Crippen molar-refractivity contribution >= 4 is 11.6 Å². The minimum atomic E-state index is -0.115. The number of carbonyl (C=O) groups is 1. The first-order valence-corrected chi connectivity index (χ1v) is 6.27. The number of hydrogen-bond donors (Lipinski definition) is 1. The van der Waals surface area contributed by atoms with Crippen molar-refractivity contribution in [3.8, 4) is 5.75 Å². The minimum Gasteiger partial charge on any atom is -0.497 e. The van der Waals surface area contributed by atoms with Crippen molar-refractivity contribution < 1.29 is 9.53 Å². The topological polar surface area (TPSA) is 38.3 Å². The van der Waals surface area contributed by atoms with Gasteiger partial charge in [-0.05, 0) is 48.4 Å². The molecule has 3 heteroatoms. The standard InChI is InChI=1S/C16H17NO2/c1-3-12-5-4-6-14(11-12)17-16(18)13-7-9-15(19-2)10-8-13/h4-11H,3H2,1-2H3,(H,17,18). The highest BCUT2D eigenvalue weighted by Gasteiger charge is 2.06. The Labute approximate surface area is 113 Å². The van der Waals surface area contributed by atoms with Gasteiger partial charge in [-0.1, -0.05) is 19.1 Å². The molecule has 0 aromatic heterocycles. The van der Waals surface area contributed by atoms with Gasteiger partial charge in [-0.15, -0.1) is 0 Å². The van der Waals surface area contributed by atoms with E-state index < -0.39 is 0 Å². The predicted molar refractivity (Wildman–Crippen MR) is 76.8 cm³/mol. The van der Waals surface area contributed by atoms with Crippen LogP contribution in [-0.2, 0) is 6.42 Å². The zero-order valence-corrected chi connectivity index (χ0v) is 11.1. The lowest BCUT2D eigenvalue weighted by molar-refractivity contribution is 0.102. The zero-order valence-electron chi connectivity index (χ0n) is 11.1. The summed E-state index contributed by atoms with van der Waals surface area (Å²) in [6.07, 6.45) is 0.951. The molecule has 0 aliphatic heterocycles. The van der Waals surface area contributed by atoms with E-state index >= 15 is 0 Å². The van der Waals surface area contributed by atoms with E-state index in [0.29, 0.717) is 5.56 Å². The van der Waals surface area contributed by atoms with E-state index in [1.54, 1.807) is 31.4 Å². The molecule has 98 valence electrons. The number of methoxy groups -OCH3 is 1. The van der Waals surface area contributed by atoms with Crippen LogP contribution in [0.3, 0.4) is 0 Å². The third kappa shape index (κ3) is 3.35. The first kappa shape index (κ1) is 13.1. The van der Waals surface area contributed by atoms with Crippen LogP contribution in [0.4, 0.5) is 5.69 Å². The molecule has 2 aromatic rings. The van der Waals surface area contributed by atoms with Crippen molar-refractivity contribution in [3.05, 3.63) is 59.7 Å². The average molecular weight is 255 g/mol. The summed E-state index contributed by atoms with van der Waals surface area (Å²) < 4.78 is 5.07. The molecule has 0 unspecified atom stereocenters. The van der Waals surface area contributed by atoms with Crippen LogP contribution < -0.4 is 10.1 Å². The number of amides is 1. The average Bonchev–Trinajstić information content (AvgIpc) is 2.47. The summed E-state index contributed by atoms with van der Waals surface area (Å²) in [7, 11) is 1.60. The molecule has 2 aromatic carbocycles. The second-order valence-electron chi connectivity index (χ2n) is 4.24. The normalized spacial score (nSPS) is 10.0. The van der Waals surface area contributed by atoms with Crippen LogP contribution in [0.15, 0.2) is 48.5 Å². The van der Waals surface area contributed by atoms with Crippen LogP contribution >= 0.6 is 0 Å². The molecule has 0 saturated heterocycles. The van der Waals surface area contributed by atoms with Crippen LogP contribution in [0.1, 0.15) is 22.8 Å². The number of anilines is 1. The quantitative estimate of drug-likeness (QED) is 0.908. The first-order chi connectivity index (χ1) is 9.22. The fraction of sp³-hybridized carbons (Fsp3) is 0.188. The van der Waals surface area contributed by atoms with Crippen molar-refractivity contribution in [2.75, 3.05) is 12.4 Å². The predicted octanol–water partition coefficient (Wildman–Crippen LogP) is 3.51. The lowest BCUT2D eigenvalue weighted by Crippen LogP contribution is -2.11. The highest BCUT2D eigenvalue weighted by Crippen LogP contribution is 2.15. The third-order valence-electron chi connectivity index (χ3n) is 2.95. The van der Waals surface area contributed by atoms with E-state index in [9.17, 15) is 4.79 Å². The molecule has 0 heterocycles. The molecule has 1 N–H and O–H groups in total. The van der Waals surface area contributed by atoms with Gasteiger partial charge in [0, 0.05) is 11.3 Å². The molecule has 0 aliphatic rings. The highest BCUT2D eigenvalue weighted by atomic mass is 16.5. The van der Waals surface area contributed by atoms with Crippen LogP contribution in [0, 0.1) is 0 Å². The molecule has 0 radical (unpaired) electrons. The minimum absolute atomic E-state index is 0.115. The number of hydrogen-bond acceptors (Lipinski definition) is 2. The number of rotatable bonds is 4. The van der Waals surface area contributed by atoms with Crippen LogP contribution in [-0.4, -0.2) is 13.0 Å². The molecular weight excluding hydrogens is 238 g/mol. The number of ether oxygens (including phenoxy) is 1.